The number of carboxylic acid groups (broad SMARTS) is 1. The molecule has 0 aromatic heterocycles. The van der Waals surface area contributed by atoms with Crippen molar-refractivity contribution in [3.8, 4) is 0 Å². The highest BCUT2D eigenvalue weighted by Crippen LogP contribution is 2.34. The van der Waals surface area contributed by atoms with Gasteiger partial charge in [0.15, 0.2) is 5.78 Å². The zero-order chi connectivity index (χ0) is 16.6. The van der Waals surface area contributed by atoms with Crippen molar-refractivity contribution in [3.05, 3.63) is 47.0 Å². The van der Waals surface area contributed by atoms with Crippen molar-refractivity contribution in [1.82, 2.24) is 10.2 Å². The zero-order valence-corrected chi connectivity index (χ0v) is 12.2. The fourth-order valence-electron chi connectivity index (χ4n) is 2.98. The largest absolute Gasteiger partial charge is 0.481 e. The molecule has 1 saturated heterocycles. The summed E-state index contributed by atoms with van der Waals surface area (Å²) in [5.74, 6) is -3.06. The monoisotopic (exact) mass is 318 g/mol. The summed E-state index contributed by atoms with van der Waals surface area (Å²) in [5, 5.41) is 12.1. The molecule has 0 aliphatic carbocycles. The summed E-state index contributed by atoms with van der Waals surface area (Å²) in [6, 6.07) is 4.99. The molecule has 6 nitrogen and oxygen atoms in total. The maximum Gasteiger partial charge on any atom is 0.304 e. The number of ketones is 1. The Morgan fingerprint density at radius 2 is 2.00 bits per heavy atom. The van der Waals surface area contributed by atoms with E-state index in [-0.39, 0.29) is 17.0 Å². The lowest BCUT2D eigenvalue weighted by molar-refractivity contribution is -0.141. The molecule has 0 saturated carbocycles. The lowest BCUT2D eigenvalue weighted by atomic mass is 9.91. The summed E-state index contributed by atoms with van der Waals surface area (Å²) in [6.07, 6.45) is 0.288. The number of amides is 1. The van der Waals surface area contributed by atoms with Crippen molar-refractivity contribution < 1.29 is 23.9 Å². The fraction of sp³-hybridized carbons (Fsp3) is 0.312. The number of fused-ring (bicyclic) bond motifs is 1. The Morgan fingerprint density at radius 3 is 2.65 bits per heavy atom. The van der Waals surface area contributed by atoms with E-state index < -0.39 is 29.9 Å². The van der Waals surface area contributed by atoms with Gasteiger partial charge in [-0.2, -0.15) is 0 Å². The molecule has 1 amide bonds. The van der Waals surface area contributed by atoms with Gasteiger partial charge in [0, 0.05) is 18.7 Å². The average Bonchev–Trinajstić information content (AvgIpc) is 2.80. The Hall–Kier alpha value is -2.70. The second-order valence-corrected chi connectivity index (χ2v) is 5.52. The Balaban J connectivity index is 2.03. The number of nitrogens with zero attached hydrogens (tertiary/aromatic N) is 1. The van der Waals surface area contributed by atoms with Crippen LogP contribution in [0.4, 0.5) is 4.39 Å². The van der Waals surface area contributed by atoms with E-state index in [1.807, 2.05) is 0 Å². The number of halogens is 1. The highest BCUT2D eigenvalue weighted by Gasteiger charge is 2.44. The molecule has 3 rings (SSSR count). The Labute approximate surface area is 131 Å². The van der Waals surface area contributed by atoms with Crippen LogP contribution in [0.1, 0.15) is 23.2 Å². The van der Waals surface area contributed by atoms with Crippen molar-refractivity contribution >= 4 is 17.7 Å². The molecule has 1 unspecified atom stereocenters. The first-order valence-corrected chi connectivity index (χ1v) is 7.30. The molecule has 2 aliphatic rings. The van der Waals surface area contributed by atoms with Gasteiger partial charge in [-0.3, -0.25) is 19.3 Å². The van der Waals surface area contributed by atoms with Crippen LogP contribution in [-0.2, 0) is 9.59 Å². The molecule has 0 spiro atoms. The summed E-state index contributed by atoms with van der Waals surface area (Å²) in [7, 11) is 0. The highest BCUT2D eigenvalue weighted by molar-refractivity contribution is 6.14. The smallest absolute Gasteiger partial charge is 0.304 e. The first-order valence-electron chi connectivity index (χ1n) is 7.30. The summed E-state index contributed by atoms with van der Waals surface area (Å²) in [6.45, 7) is 1.07. The molecule has 7 heteroatoms. The maximum atomic E-state index is 13.0. The topological polar surface area (TPSA) is 86.7 Å². The lowest BCUT2D eigenvalue weighted by Gasteiger charge is -2.26. The molecule has 1 atom stereocenters. The molecule has 23 heavy (non-hydrogen) atoms. The minimum Gasteiger partial charge on any atom is -0.481 e. The van der Waals surface area contributed by atoms with E-state index in [0.717, 1.165) is 18.6 Å². The Bertz CT molecular complexity index is 711. The van der Waals surface area contributed by atoms with Gasteiger partial charge in [0.1, 0.15) is 11.6 Å². The number of carbonyl (C=O) groups is 3. The van der Waals surface area contributed by atoms with Crippen LogP contribution in [0.3, 0.4) is 0 Å². The van der Waals surface area contributed by atoms with Crippen LogP contribution in [0.5, 0.6) is 0 Å². The minimum atomic E-state index is -1.15. The zero-order valence-electron chi connectivity index (χ0n) is 12.2. The van der Waals surface area contributed by atoms with Gasteiger partial charge < -0.3 is 10.4 Å². The minimum absolute atomic E-state index is 0.156. The van der Waals surface area contributed by atoms with E-state index in [9.17, 15) is 18.8 Å². The maximum absolute atomic E-state index is 13.0. The van der Waals surface area contributed by atoms with E-state index in [0.29, 0.717) is 18.9 Å². The number of Topliss-reactive ketones (excluding diaryl/α,β-unsaturated/α-hetero) is 1. The number of aliphatic carboxylic acids is 1. The normalized spacial score (nSPS) is 20.3. The Kier molecular flexibility index (Phi) is 3.85. The van der Waals surface area contributed by atoms with Gasteiger partial charge in [-0.15, -0.1) is 0 Å². The van der Waals surface area contributed by atoms with Crippen LogP contribution in [0.25, 0.3) is 0 Å². The third-order valence-corrected chi connectivity index (χ3v) is 4.02. The fourth-order valence-corrected chi connectivity index (χ4v) is 2.98. The van der Waals surface area contributed by atoms with E-state index in [1.165, 1.54) is 17.0 Å². The summed E-state index contributed by atoms with van der Waals surface area (Å²) >= 11 is 0. The number of rotatable bonds is 4. The summed E-state index contributed by atoms with van der Waals surface area (Å²) in [5.41, 5.74) is 0.384. The third-order valence-electron chi connectivity index (χ3n) is 4.02. The van der Waals surface area contributed by atoms with E-state index in [1.54, 1.807) is 0 Å². The predicted octanol–water partition coefficient (Wildman–Crippen LogP) is 1.15. The molecule has 120 valence electrons. The molecule has 0 radical (unpaired) electrons. The van der Waals surface area contributed by atoms with Crippen molar-refractivity contribution in [1.29, 1.82) is 0 Å². The van der Waals surface area contributed by atoms with Gasteiger partial charge in [-0.05, 0) is 30.7 Å². The number of hydrogen-bond acceptors (Lipinski definition) is 4. The second-order valence-electron chi connectivity index (χ2n) is 5.52. The molecule has 2 aliphatic heterocycles. The van der Waals surface area contributed by atoms with E-state index in [4.69, 9.17) is 5.11 Å². The number of carboxylic acids is 1. The molecule has 1 fully saturated rings. The van der Waals surface area contributed by atoms with Crippen LogP contribution < -0.4 is 5.32 Å². The average molecular weight is 318 g/mol. The van der Waals surface area contributed by atoms with E-state index in [2.05, 4.69) is 5.32 Å². The van der Waals surface area contributed by atoms with Gasteiger partial charge in [-0.25, -0.2) is 4.39 Å². The summed E-state index contributed by atoms with van der Waals surface area (Å²) in [4.78, 5) is 37.7. The van der Waals surface area contributed by atoms with Crippen molar-refractivity contribution in [3.63, 3.8) is 0 Å². The highest BCUT2D eigenvalue weighted by atomic mass is 19.1. The molecule has 2 N–H and O–H groups in total. The van der Waals surface area contributed by atoms with Crippen LogP contribution in [0.2, 0.25) is 0 Å². The SMILES string of the molecule is O=C(O)CC1C(=O)N2CCCNC2=C1C(=O)c1ccc(F)cc1. The molecule has 1 aromatic rings. The number of nitrogens with one attached hydrogen (secondary N) is 1. The van der Waals surface area contributed by atoms with Crippen LogP contribution >= 0.6 is 0 Å². The van der Waals surface area contributed by atoms with Gasteiger partial charge in [-0.1, -0.05) is 0 Å². The first-order chi connectivity index (χ1) is 11.0. The van der Waals surface area contributed by atoms with Crippen molar-refractivity contribution in [2.45, 2.75) is 12.8 Å². The second kappa shape index (κ2) is 5.83. The lowest BCUT2D eigenvalue weighted by Crippen LogP contribution is -2.40. The van der Waals surface area contributed by atoms with Crippen LogP contribution in [0.15, 0.2) is 35.7 Å². The molecule has 2 heterocycles. The van der Waals surface area contributed by atoms with Gasteiger partial charge >= 0.3 is 5.97 Å². The molecule has 0 bridgehead atoms. The predicted molar refractivity (Wildman–Crippen MR) is 77.8 cm³/mol. The number of benzene rings is 1. The third kappa shape index (κ3) is 2.69. The molecular weight excluding hydrogens is 303 g/mol. The Morgan fingerprint density at radius 1 is 1.30 bits per heavy atom. The van der Waals surface area contributed by atoms with Crippen LogP contribution in [-0.4, -0.2) is 40.8 Å². The van der Waals surface area contributed by atoms with Gasteiger partial charge in [0.05, 0.1) is 17.9 Å². The van der Waals surface area contributed by atoms with Gasteiger partial charge in [0.25, 0.3) is 0 Å². The number of carbonyl (C=O) groups excluding carboxylic acids is 2. The first kappa shape index (κ1) is 15.2. The molecular formula is C16H15FN2O4. The van der Waals surface area contributed by atoms with E-state index >= 15 is 0 Å². The molecule has 1 aromatic carbocycles. The van der Waals surface area contributed by atoms with Gasteiger partial charge in [0.2, 0.25) is 5.91 Å². The van der Waals surface area contributed by atoms with Crippen LogP contribution in [0, 0.1) is 11.7 Å². The number of hydrogen-bond donors (Lipinski definition) is 2. The summed E-state index contributed by atoms with van der Waals surface area (Å²) < 4.78 is 13.0. The van der Waals surface area contributed by atoms with Crippen molar-refractivity contribution in [2.24, 2.45) is 5.92 Å². The quantitative estimate of drug-likeness (QED) is 0.813. The van der Waals surface area contributed by atoms with Crippen molar-refractivity contribution in [2.75, 3.05) is 13.1 Å². The standard InChI is InChI=1S/C16H15FN2O4/c17-10-4-2-9(3-5-10)14(22)13-11(8-12(20)21)16(23)19-7-1-6-18-15(13)19/h2-5,11,18H,1,6-8H2,(H,20,21).